The van der Waals surface area contributed by atoms with Gasteiger partial charge in [-0.1, -0.05) is 41.7 Å². The molecule has 1 atom stereocenters. The Balaban J connectivity index is 1.71. The molecule has 0 spiro atoms. The summed E-state index contributed by atoms with van der Waals surface area (Å²) in [4.78, 5) is 20.3. The fourth-order valence-electron chi connectivity index (χ4n) is 3.38. The van der Waals surface area contributed by atoms with Gasteiger partial charge >= 0.3 is 0 Å². The summed E-state index contributed by atoms with van der Waals surface area (Å²) in [6.07, 6.45) is 5.48. The molecular formula is C19H25N3OS. The molecule has 0 saturated carbocycles. The number of nitrogens with one attached hydrogen (secondary N) is 1. The molecule has 5 heteroatoms. The standard InChI is InChI=1S/C19H25N3OS/c1-14-17(24-19(20-2)21-14)18(23)22-13-7-6-10-16(22)12-11-15-8-4-3-5-9-15/h3-5,8-9,16H,6-7,10-13H2,1-2H3,(H,20,21)/t16-/m0/s1. The molecule has 0 radical (unpaired) electrons. The summed E-state index contributed by atoms with van der Waals surface area (Å²) in [5.41, 5.74) is 2.18. The number of anilines is 1. The minimum absolute atomic E-state index is 0.157. The lowest BCUT2D eigenvalue weighted by molar-refractivity contribution is 0.0606. The average molecular weight is 343 g/mol. The molecule has 24 heavy (non-hydrogen) atoms. The lowest BCUT2D eigenvalue weighted by atomic mass is 9.95. The number of hydrogen-bond acceptors (Lipinski definition) is 4. The van der Waals surface area contributed by atoms with Crippen molar-refractivity contribution in [2.45, 2.75) is 45.1 Å². The number of nitrogens with zero attached hydrogens (tertiary/aromatic N) is 2. The van der Waals surface area contributed by atoms with Gasteiger partial charge in [-0.15, -0.1) is 0 Å². The SMILES string of the molecule is CNc1nc(C)c(C(=O)N2CCCC[C@H]2CCc2ccccc2)s1. The van der Waals surface area contributed by atoms with Crippen molar-refractivity contribution in [2.24, 2.45) is 0 Å². The second-order valence-electron chi connectivity index (χ2n) is 6.36. The number of hydrogen-bond donors (Lipinski definition) is 1. The van der Waals surface area contributed by atoms with Gasteiger partial charge in [0, 0.05) is 19.6 Å². The van der Waals surface area contributed by atoms with E-state index in [0.717, 1.165) is 47.9 Å². The highest BCUT2D eigenvalue weighted by molar-refractivity contribution is 7.17. The highest BCUT2D eigenvalue weighted by Crippen LogP contribution is 2.28. The Kier molecular flexibility index (Phi) is 5.51. The number of carbonyl (C=O) groups is 1. The molecule has 0 unspecified atom stereocenters. The maximum atomic E-state index is 13.0. The third-order valence-electron chi connectivity index (χ3n) is 4.70. The molecule has 1 aromatic heterocycles. The van der Waals surface area contributed by atoms with Gasteiger partial charge in [-0.25, -0.2) is 4.98 Å². The molecule has 2 aromatic rings. The molecule has 3 rings (SSSR count). The smallest absolute Gasteiger partial charge is 0.266 e. The van der Waals surface area contributed by atoms with Crippen LogP contribution in [0.3, 0.4) is 0 Å². The maximum absolute atomic E-state index is 13.0. The average Bonchev–Trinajstić information content (AvgIpc) is 3.01. The van der Waals surface area contributed by atoms with E-state index in [4.69, 9.17) is 0 Å². The Morgan fingerprint density at radius 1 is 1.33 bits per heavy atom. The van der Waals surface area contributed by atoms with Crippen molar-refractivity contribution in [3.05, 3.63) is 46.5 Å². The second kappa shape index (κ2) is 7.79. The number of aryl methyl sites for hydroxylation is 2. The topological polar surface area (TPSA) is 45.2 Å². The Hall–Kier alpha value is -1.88. The monoisotopic (exact) mass is 343 g/mol. The number of likely N-dealkylation sites (tertiary alicyclic amines) is 1. The number of thiazole rings is 1. The second-order valence-corrected chi connectivity index (χ2v) is 7.36. The summed E-state index contributed by atoms with van der Waals surface area (Å²) >= 11 is 1.46. The van der Waals surface area contributed by atoms with Crippen LogP contribution in [0.1, 0.15) is 46.6 Å². The van der Waals surface area contributed by atoms with E-state index in [-0.39, 0.29) is 5.91 Å². The largest absolute Gasteiger partial charge is 0.365 e. The lowest BCUT2D eigenvalue weighted by Crippen LogP contribution is -2.43. The molecule has 0 bridgehead atoms. The lowest BCUT2D eigenvalue weighted by Gasteiger charge is -2.35. The molecule has 0 aliphatic carbocycles. The van der Waals surface area contributed by atoms with Crippen LogP contribution in [-0.4, -0.2) is 35.4 Å². The Labute approximate surface area is 147 Å². The number of rotatable bonds is 5. The quantitative estimate of drug-likeness (QED) is 0.888. The van der Waals surface area contributed by atoms with Crippen LogP contribution in [0.15, 0.2) is 30.3 Å². The first kappa shape index (κ1) is 17.0. The maximum Gasteiger partial charge on any atom is 0.266 e. The summed E-state index contributed by atoms with van der Waals surface area (Å²) in [6, 6.07) is 10.9. The first-order valence-electron chi connectivity index (χ1n) is 8.69. The van der Waals surface area contributed by atoms with Crippen molar-refractivity contribution >= 4 is 22.4 Å². The van der Waals surface area contributed by atoms with Crippen LogP contribution in [-0.2, 0) is 6.42 Å². The summed E-state index contributed by atoms with van der Waals surface area (Å²) in [7, 11) is 1.84. The fourth-order valence-corrected chi connectivity index (χ4v) is 4.25. The van der Waals surface area contributed by atoms with E-state index in [1.807, 2.05) is 20.0 Å². The van der Waals surface area contributed by atoms with Crippen LogP contribution in [0.2, 0.25) is 0 Å². The van der Waals surface area contributed by atoms with E-state index in [1.54, 1.807) is 0 Å². The molecule has 1 saturated heterocycles. The summed E-state index contributed by atoms with van der Waals surface area (Å²) < 4.78 is 0. The van der Waals surface area contributed by atoms with Crippen LogP contribution in [0.25, 0.3) is 0 Å². The normalized spacial score (nSPS) is 17.8. The van der Waals surface area contributed by atoms with Gasteiger partial charge in [-0.3, -0.25) is 4.79 Å². The number of amides is 1. The van der Waals surface area contributed by atoms with Crippen LogP contribution in [0.5, 0.6) is 0 Å². The molecule has 1 aliphatic heterocycles. The Bertz CT molecular complexity index is 683. The van der Waals surface area contributed by atoms with E-state index in [0.29, 0.717) is 6.04 Å². The highest BCUT2D eigenvalue weighted by Gasteiger charge is 2.29. The van der Waals surface area contributed by atoms with E-state index >= 15 is 0 Å². The molecule has 2 heterocycles. The highest BCUT2D eigenvalue weighted by atomic mass is 32.1. The van der Waals surface area contributed by atoms with E-state index in [9.17, 15) is 4.79 Å². The van der Waals surface area contributed by atoms with Gasteiger partial charge in [0.15, 0.2) is 5.13 Å². The van der Waals surface area contributed by atoms with Gasteiger partial charge in [0.2, 0.25) is 0 Å². The van der Waals surface area contributed by atoms with E-state index in [1.165, 1.54) is 23.3 Å². The first-order chi connectivity index (χ1) is 11.7. The summed E-state index contributed by atoms with van der Waals surface area (Å²) in [6.45, 7) is 2.79. The van der Waals surface area contributed by atoms with E-state index < -0.39 is 0 Å². The van der Waals surface area contributed by atoms with Crippen molar-refractivity contribution in [2.75, 3.05) is 18.9 Å². The van der Waals surface area contributed by atoms with Crippen LogP contribution >= 0.6 is 11.3 Å². The van der Waals surface area contributed by atoms with Crippen molar-refractivity contribution < 1.29 is 4.79 Å². The van der Waals surface area contributed by atoms with Crippen molar-refractivity contribution in [3.63, 3.8) is 0 Å². The van der Waals surface area contributed by atoms with E-state index in [2.05, 4.69) is 39.5 Å². The molecule has 4 nitrogen and oxygen atoms in total. The first-order valence-corrected chi connectivity index (χ1v) is 9.50. The van der Waals surface area contributed by atoms with Crippen molar-refractivity contribution in [1.29, 1.82) is 0 Å². The van der Waals surface area contributed by atoms with Crippen LogP contribution in [0, 0.1) is 6.92 Å². The number of carbonyl (C=O) groups excluding carboxylic acids is 1. The predicted molar refractivity (Wildman–Crippen MR) is 99.8 cm³/mol. The molecule has 128 valence electrons. The Morgan fingerprint density at radius 3 is 2.83 bits per heavy atom. The molecule has 1 aromatic carbocycles. The van der Waals surface area contributed by atoms with Crippen LogP contribution < -0.4 is 5.32 Å². The van der Waals surface area contributed by atoms with Gasteiger partial charge in [-0.2, -0.15) is 0 Å². The number of benzene rings is 1. The zero-order valence-corrected chi connectivity index (χ0v) is 15.2. The van der Waals surface area contributed by atoms with Crippen LogP contribution in [0.4, 0.5) is 5.13 Å². The number of aromatic nitrogens is 1. The number of piperidine rings is 1. The van der Waals surface area contributed by atoms with Gasteiger partial charge < -0.3 is 10.2 Å². The van der Waals surface area contributed by atoms with Crippen molar-refractivity contribution in [3.8, 4) is 0 Å². The third kappa shape index (κ3) is 3.78. The van der Waals surface area contributed by atoms with Crippen molar-refractivity contribution in [1.82, 2.24) is 9.88 Å². The van der Waals surface area contributed by atoms with Gasteiger partial charge in [0.25, 0.3) is 5.91 Å². The summed E-state index contributed by atoms with van der Waals surface area (Å²) in [5.74, 6) is 0.157. The zero-order chi connectivity index (χ0) is 16.9. The molecule has 1 aliphatic rings. The van der Waals surface area contributed by atoms with Gasteiger partial charge in [0.1, 0.15) is 4.88 Å². The molecular weight excluding hydrogens is 318 g/mol. The summed E-state index contributed by atoms with van der Waals surface area (Å²) in [5, 5.41) is 3.85. The Morgan fingerprint density at radius 2 is 2.12 bits per heavy atom. The van der Waals surface area contributed by atoms with Gasteiger partial charge in [-0.05, 0) is 44.6 Å². The minimum Gasteiger partial charge on any atom is -0.365 e. The third-order valence-corrected chi connectivity index (χ3v) is 5.86. The molecule has 1 amide bonds. The zero-order valence-electron chi connectivity index (χ0n) is 14.4. The minimum atomic E-state index is 0.157. The molecule has 1 fully saturated rings. The molecule has 1 N–H and O–H groups in total. The predicted octanol–water partition coefficient (Wildman–Crippen LogP) is 4.12. The van der Waals surface area contributed by atoms with Gasteiger partial charge in [0.05, 0.1) is 5.69 Å². The fraction of sp³-hybridized carbons (Fsp3) is 0.474.